The smallest absolute Gasteiger partial charge is 0.343 e. The average molecular weight is 367 g/mol. The summed E-state index contributed by atoms with van der Waals surface area (Å²) in [6, 6.07) is 7.29. The number of carbonyl (C=O) groups excluding carboxylic acids is 1. The predicted molar refractivity (Wildman–Crippen MR) is 94.0 cm³/mol. The number of nitrogens with one attached hydrogen (secondary N) is 1. The Morgan fingerprint density at radius 1 is 1.27 bits per heavy atom. The Bertz CT molecular complexity index is 628. The van der Waals surface area contributed by atoms with Gasteiger partial charge in [0.1, 0.15) is 6.10 Å². The van der Waals surface area contributed by atoms with E-state index in [1.807, 2.05) is 19.1 Å². The first-order valence-electron chi connectivity index (χ1n) is 9.46. The van der Waals surface area contributed by atoms with Crippen molar-refractivity contribution < 1.29 is 23.4 Å². The van der Waals surface area contributed by atoms with Crippen molar-refractivity contribution in [2.75, 3.05) is 13.1 Å². The standard InChI is InChI=1S/C20H27F2NO3/c1-2-14-3-5-15(6-4-14)20(25,16-8-11-23-12-9-16)18(24)26-17-7-10-19(21,22)13-17/h3-6,16-17,23,25H,2,7-13H2,1H3. The van der Waals surface area contributed by atoms with Crippen LogP contribution in [0, 0.1) is 5.92 Å². The van der Waals surface area contributed by atoms with Gasteiger partial charge in [0.2, 0.25) is 0 Å². The molecule has 1 saturated heterocycles. The highest BCUT2D eigenvalue weighted by Gasteiger charge is 2.49. The topological polar surface area (TPSA) is 58.6 Å². The first-order valence-corrected chi connectivity index (χ1v) is 9.46. The predicted octanol–water partition coefficient (Wildman–Crippen LogP) is 3.17. The lowest BCUT2D eigenvalue weighted by atomic mass is 9.76. The van der Waals surface area contributed by atoms with Crippen LogP contribution in [0.5, 0.6) is 0 Å². The molecule has 2 N–H and O–H groups in total. The zero-order valence-electron chi connectivity index (χ0n) is 15.1. The number of ether oxygens (including phenoxy) is 1. The molecule has 2 atom stereocenters. The van der Waals surface area contributed by atoms with Gasteiger partial charge >= 0.3 is 5.97 Å². The number of piperidine rings is 1. The maximum atomic E-state index is 13.4. The van der Waals surface area contributed by atoms with Crippen molar-refractivity contribution in [2.24, 2.45) is 5.92 Å². The zero-order chi connectivity index (χ0) is 18.8. The maximum absolute atomic E-state index is 13.4. The second-order valence-corrected chi connectivity index (χ2v) is 7.47. The fourth-order valence-electron chi connectivity index (χ4n) is 4.01. The number of aryl methyl sites for hydroxylation is 1. The zero-order valence-corrected chi connectivity index (χ0v) is 15.1. The molecule has 0 aromatic heterocycles. The number of alkyl halides is 2. The highest BCUT2D eigenvalue weighted by molar-refractivity contribution is 5.81. The number of halogens is 2. The molecule has 0 bridgehead atoms. The van der Waals surface area contributed by atoms with Crippen molar-refractivity contribution in [1.29, 1.82) is 0 Å². The van der Waals surface area contributed by atoms with Crippen LogP contribution in [0.25, 0.3) is 0 Å². The molecule has 0 amide bonds. The quantitative estimate of drug-likeness (QED) is 0.785. The van der Waals surface area contributed by atoms with E-state index in [1.165, 1.54) is 0 Å². The molecule has 1 saturated carbocycles. The second-order valence-electron chi connectivity index (χ2n) is 7.47. The van der Waals surface area contributed by atoms with Crippen LogP contribution in [0.3, 0.4) is 0 Å². The Morgan fingerprint density at radius 3 is 2.46 bits per heavy atom. The minimum Gasteiger partial charge on any atom is -0.460 e. The lowest BCUT2D eigenvalue weighted by Crippen LogP contribution is -2.49. The maximum Gasteiger partial charge on any atom is 0.343 e. The van der Waals surface area contributed by atoms with Crippen molar-refractivity contribution in [3.05, 3.63) is 35.4 Å². The molecule has 6 heteroatoms. The van der Waals surface area contributed by atoms with E-state index >= 15 is 0 Å². The molecule has 2 aliphatic rings. The summed E-state index contributed by atoms with van der Waals surface area (Å²) < 4.78 is 32.3. The van der Waals surface area contributed by atoms with E-state index in [1.54, 1.807) is 12.1 Å². The Balaban J connectivity index is 1.85. The summed E-state index contributed by atoms with van der Waals surface area (Å²) in [7, 11) is 0. The van der Waals surface area contributed by atoms with Crippen molar-refractivity contribution in [2.45, 2.75) is 63.1 Å². The van der Waals surface area contributed by atoms with E-state index in [9.17, 15) is 18.7 Å². The molecule has 1 heterocycles. The van der Waals surface area contributed by atoms with Gasteiger partial charge in [-0.15, -0.1) is 0 Å². The van der Waals surface area contributed by atoms with Gasteiger partial charge in [0.15, 0.2) is 5.60 Å². The van der Waals surface area contributed by atoms with Crippen molar-refractivity contribution >= 4 is 5.97 Å². The summed E-state index contributed by atoms with van der Waals surface area (Å²) in [6.07, 6.45) is 0.672. The highest BCUT2D eigenvalue weighted by atomic mass is 19.3. The third kappa shape index (κ3) is 3.91. The van der Waals surface area contributed by atoms with Gasteiger partial charge in [-0.2, -0.15) is 0 Å². The molecular formula is C20H27F2NO3. The fourth-order valence-corrected chi connectivity index (χ4v) is 4.01. The molecule has 1 aliphatic heterocycles. The molecule has 144 valence electrons. The minimum absolute atomic E-state index is 0.135. The lowest BCUT2D eigenvalue weighted by molar-refractivity contribution is -0.181. The first kappa shape index (κ1) is 19.2. The SMILES string of the molecule is CCc1ccc(C(O)(C(=O)OC2CCC(F)(F)C2)C2CCNCC2)cc1. The number of carbonyl (C=O) groups is 1. The van der Waals surface area contributed by atoms with E-state index in [2.05, 4.69) is 5.32 Å². The van der Waals surface area contributed by atoms with E-state index in [4.69, 9.17) is 4.74 Å². The summed E-state index contributed by atoms with van der Waals surface area (Å²) >= 11 is 0. The summed E-state index contributed by atoms with van der Waals surface area (Å²) in [5.74, 6) is -3.89. The monoisotopic (exact) mass is 367 g/mol. The summed E-state index contributed by atoms with van der Waals surface area (Å²) in [6.45, 7) is 3.44. The van der Waals surface area contributed by atoms with Crippen LogP contribution in [-0.2, 0) is 21.6 Å². The third-order valence-corrected chi connectivity index (χ3v) is 5.68. The van der Waals surface area contributed by atoms with Crippen molar-refractivity contribution in [3.63, 3.8) is 0 Å². The number of benzene rings is 1. The van der Waals surface area contributed by atoms with Crippen molar-refractivity contribution in [1.82, 2.24) is 5.32 Å². The minimum atomic E-state index is -2.79. The molecule has 2 fully saturated rings. The van der Waals surface area contributed by atoms with Gasteiger partial charge in [0.05, 0.1) is 0 Å². The molecule has 2 unspecified atom stereocenters. The average Bonchev–Trinajstić information content (AvgIpc) is 3.00. The number of rotatable bonds is 5. The molecule has 3 rings (SSSR count). The van der Waals surface area contributed by atoms with Crippen LogP contribution in [-0.4, -0.2) is 36.2 Å². The molecule has 26 heavy (non-hydrogen) atoms. The molecule has 1 aromatic carbocycles. The first-order chi connectivity index (χ1) is 12.3. The van der Waals surface area contributed by atoms with E-state index in [0.29, 0.717) is 31.5 Å². The van der Waals surface area contributed by atoms with Crippen LogP contribution in [0.4, 0.5) is 8.78 Å². The normalized spacial score (nSPS) is 25.6. The molecule has 0 radical (unpaired) electrons. The van der Waals surface area contributed by atoms with Gasteiger partial charge in [0, 0.05) is 18.8 Å². The van der Waals surface area contributed by atoms with E-state index in [0.717, 1.165) is 12.0 Å². The lowest BCUT2D eigenvalue weighted by Gasteiger charge is -2.37. The Hall–Kier alpha value is -1.53. The Labute approximate surface area is 152 Å². The number of hydrogen-bond donors (Lipinski definition) is 2. The van der Waals surface area contributed by atoms with Crippen LogP contribution in [0.15, 0.2) is 24.3 Å². The van der Waals surface area contributed by atoms with E-state index < -0.39 is 30.0 Å². The van der Waals surface area contributed by atoms with Gasteiger partial charge in [0.25, 0.3) is 5.92 Å². The molecule has 1 aliphatic carbocycles. The molecular weight excluding hydrogens is 340 g/mol. The van der Waals surface area contributed by atoms with Gasteiger partial charge < -0.3 is 15.2 Å². The van der Waals surface area contributed by atoms with Crippen LogP contribution < -0.4 is 5.32 Å². The van der Waals surface area contributed by atoms with Crippen LogP contribution in [0.1, 0.15) is 50.2 Å². The van der Waals surface area contributed by atoms with Crippen LogP contribution >= 0.6 is 0 Å². The van der Waals surface area contributed by atoms with Gasteiger partial charge in [-0.25, -0.2) is 13.6 Å². The van der Waals surface area contributed by atoms with Gasteiger partial charge in [-0.05, 0) is 49.9 Å². The summed E-state index contributed by atoms with van der Waals surface area (Å²) in [5.41, 5.74) is -0.215. The number of aliphatic hydroxyl groups is 1. The highest BCUT2D eigenvalue weighted by Crippen LogP contribution is 2.40. The van der Waals surface area contributed by atoms with Crippen molar-refractivity contribution in [3.8, 4) is 0 Å². The molecule has 1 aromatic rings. The third-order valence-electron chi connectivity index (χ3n) is 5.68. The molecule has 0 spiro atoms. The Kier molecular flexibility index (Phi) is 5.63. The van der Waals surface area contributed by atoms with Crippen LogP contribution in [0.2, 0.25) is 0 Å². The largest absolute Gasteiger partial charge is 0.460 e. The fraction of sp³-hybridized carbons (Fsp3) is 0.650. The number of esters is 1. The Morgan fingerprint density at radius 2 is 1.92 bits per heavy atom. The number of hydrogen-bond acceptors (Lipinski definition) is 4. The summed E-state index contributed by atoms with van der Waals surface area (Å²) in [5, 5.41) is 14.7. The van der Waals surface area contributed by atoms with Gasteiger partial charge in [-0.3, -0.25) is 0 Å². The van der Waals surface area contributed by atoms with E-state index in [-0.39, 0.29) is 18.8 Å². The second kappa shape index (κ2) is 7.61. The summed E-state index contributed by atoms with van der Waals surface area (Å²) in [4.78, 5) is 12.9. The molecule has 4 nitrogen and oxygen atoms in total. The van der Waals surface area contributed by atoms with Gasteiger partial charge in [-0.1, -0.05) is 31.2 Å².